The summed E-state index contributed by atoms with van der Waals surface area (Å²) in [4.78, 5) is 24.1. The Morgan fingerprint density at radius 2 is 1.84 bits per heavy atom. The van der Waals surface area contributed by atoms with Crippen LogP contribution in [0.4, 0.5) is 0 Å². The third kappa shape index (κ3) is 3.51. The molecule has 158 valence electrons. The Labute approximate surface area is 180 Å². The molecular weight excluding hydrogens is 394 g/mol. The minimum absolute atomic E-state index is 0.0761. The first-order chi connectivity index (χ1) is 15.1. The van der Waals surface area contributed by atoms with Gasteiger partial charge < -0.3 is 19.8 Å². The van der Waals surface area contributed by atoms with E-state index in [2.05, 4.69) is 4.98 Å². The molecule has 2 aliphatic heterocycles. The van der Waals surface area contributed by atoms with Crippen molar-refractivity contribution in [2.24, 2.45) is 0 Å². The van der Waals surface area contributed by atoms with Crippen molar-refractivity contribution in [2.75, 3.05) is 19.7 Å². The maximum absolute atomic E-state index is 12.9. The van der Waals surface area contributed by atoms with E-state index in [1.165, 1.54) is 18.2 Å². The number of piperidine rings is 1. The molecule has 1 saturated heterocycles. The van der Waals surface area contributed by atoms with E-state index >= 15 is 0 Å². The number of aromatic hydroxyl groups is 2. The van der Waals surface area contributed by atoms with Gasteiger partial charge in [0.2, 0.25) is 0 Å². The van der Waals surface area contributed by atoms with Crippen molar-refractivity contribution >= 4 is 5.91 Å². The van der Waals surface area contributed by atoms with Gasteiger partial charge in [0, 0.05) is 30.9 Å². The highest BCUT2D eigenvalue weighted by Gasteiger charge is 2.43. The molecule has 0 atom stereocenters. The largest absolute Gasteiger partial charge is 0.508 e. The number of rotatable bonds is 2. The number of phenols is 2. The van der Waals surface area contributed by atoms with Gasteiger partial charge in [-0.2, -0.15) is 0 Å². The number of likely N-dealkylation sites (tertiary alicyclic amines) is 1. The second-order valence-electron chi connectivity index (χ2n) is 8.02. The van der Waals surface area contributed by atoms with Gasteiger partial charge in [0.15, 0.2) is 5.82 Å². The van der Waals surface area contributed by atoms with Gasteiger partial charge in [-0.25, -0.2) is 9.97 Å². The van der Waals surface area contributed by atoms with Gasteiger partial charge in [0.1, 0.15) is 17.1 Å². The Kier molecular flexibility index (Phi) is 4.82. The molecule has 3 heterocycles. The molecule has 0 saturated carbocycles. The predicted octanol–water partition coefficient (Wildman–Crippen LogP) is 3.26. The molecule has 7 heteroatoms. The molecule has 0 unspecified atom stereocenters. The first-order valence-electron chi connectivity index (χ1n) is 10.4. The number of carbonyl (C=O) groups excluding carboxylic acids is 1. The van der Waals surface area contributed by atoms with Crippen LogP contribution in [0.25, 0.3) is 11.4 Å². The van der Waals surface area contributed by atoms with Crippen molar-refractivity contribution in [2.45, 2.75) is 24.9 Å². The Morgan fingerprint density at radius 1 is 1.06 bits per heavy atom. The van der Waals surface area contributed by atoms with E-state index in [0.717, 1.165) is 23.2 Å². The van der Waals surface area contributed by atoms with Gasteiger partial charge in [0.25, 0.3) is 5.91 Å². The second-order valence-corrected chi connectivity index (χ2v) is 8.02. The highest BCUT2D eigenvalue weighted by Crippen LogP contribution is 2.41. The molecule has 0 bridgehead atoms. The maximum Gasteiger partial charge on any atom is 0.257 e. The van der Waals surface area contributed by atoms with Gasteiger partial charge in [-0.05, 0) is 37.0 Å². The molecule has 7 nitrogen and oxygen atoms in total. The van der Waals surface area contributed by atoms with E-state index in [1.54, 1.807) is 4.90 Å². The van der Waals surface area contributed by atoms with Gasteiger partial charge in [0.05, 0.1) is 17.9 Å². The fraction of sp³-hybridized carbons (Fsp3) is 0.292. The molecule has 1 fully saturated rings. The molecule has 2 N–H and O–H groups in total. The lowest BCUT2D eigenvalue weighted by atomic mass is 9.83. The normalized spacial score (nSPS) is 17.4. The zero-order valence-corrected chi connectivity index (χ0v) is 17.0. The molecule has 31 heavy (non-hydrogen) atoms. The molecule has 5 rings (SSSR count). The van der Waals surface area contributed by atoms with Crippen LogP contribution in [0, 0.1) is 0 Å². The fourth-order valence-electron chi connectivity index (χ4n) is 4.46. The minimum Gasteiger partial charge on any atom is -0.508 e. The third-order valence-corrected chi connectivity index (χ3v) is 6.15. The summed E-state index contributed by atoms with van der Waals surface area (Å²) in [7, 11) is 0. The molecule has 1 aromatic heterocycles. The van der Waals surface area contributed by atoms with Crippen molar-refractivity contribution in [3.8, 4) is 22.9 Å². The third-order valence-electron chi connectivity index (χ3n) is 6.15. The monoisotopic (exact) mass is 417 g/mol. The van der Waals surface area contributed by atoms with Crippen LogP contribution in [0.2, 0.25) is 0 Å². The standard InChI is InChI=1S/C24H23N3O4/c28-18-6-7-19(20(29)14-18)23(30)27-11-9-24(10-12-27)21-17(8-13-31-24)15-25-22(26-21)16-4-2-1-3-5-16/h1-7,14-15,28-29H,8-13H2. The number of fused-ring (bicyclic) bond motifs is 2. The number of aromatic nitrogens is 2. The van der Waals surface area contributed by atoms with Crippen LogP contribution in [0.5, 0.6) is 11.5 Å². The molecule has 3 aromatic rings. The number of hydrogen-bond acceptors (Lipinski definition) is 6. The van der Waals surface area contributed by atoms with Crippen molar-refractivity contribution in [1.82, 2.24) is 14.9 Å². The van der Waals surface area contributed by atoms with Crippen molar-refractivity contribution in [3.05, 3.63) is 71.5 Å². The lowest BCUT2D eigenvalue weighted by Gasteiger charge is -2.44. The zero-order valence-electron chi connectivity index (χ0n) is 17.0. The van der Waals surface area contributed by atoms with Crippen LogP contribution in [-0.2, 0) is 16.8 Å². The number of benzene rings is 2. The Morgan fingerprint density at radius 3 is 2.58 bits per heavy atom. The van der Waals surface area contributed by atoms with Crippen LogP contribution >= 0.6 is 0 Å². The topological polar surface area (TPSA) is 95.8 Å². The summed E-state index contributed by atoms with van der Waals surface area (Å²) in [5.74, 6) is 0.130. The average molecular weight is 417 g/mol. The number of nitrogens with zero attached hydrogens (tertiary/aromatic N) is 3. The molecule has 1 spiro atoms. The van der Waals surface area contributed by atoms with Crippen molar-refractivity contribution < 1.29 is 19.7 Å². The lowest BCUT2D eigenvalue weighted by molar-refractivity contribution is -0.0967. The van der Waals surface area contributed by atoms with E-state index in [4.69, 9.17) is 9.72 Å². The molecule has 2 aromatic carbocycles. The van der Waals surface area contributed by atoms with E-state index in [1.807, 2.05) is 36.5 Å². The predicted molar refractivity (Wildman–Crippen MR) is 114 cm³/mol. The lowest BCUT2D eigenvalue weighted by Crippen LogP contribution is -2.49. The van der Waals surface area contributed by atoms with Gasteiger partial charge in [-0.3, -0.25) is 4.79 Å². The minimum atomic E-state index is -0.534. The van der Waals surface area contributed by atoms with Crippen molar-refractivity contribution in [1.29, 1.82) is 0 Å². The summed E-state index contributed by atoms with van der Waals surface area (Å²) in [6, 6.07) is 13.9. The Hall–Kier alpha value is -3.45. The molecule has 1 amide bonds. The van der Waals surface area contributed by atoms with E-state index in [9.17, 15) is 15.0 Å². The van der Waals surface area contributed by atoms with E-state index < -0.39 is 5.60 Å². The highest BCUT2D eigenvalue weighted by atomic mass is 16.5. The summed E-state index contributed by atoms with van der Waals surface area (Å²) in [6.45, 7) is 1.58. The number of amides is 1. The van der Waals surface area contributed by atoms with E-state index in [-0.39, 0.29) is 23.0 Å². The number of ether oxygens (including phenoxy) is 1. The van der Waals surface area contributed by atoms with E-state index in [0.29, 0.717) is 38.4 Å². The molecular formula is C24H23N3O4. The SMILES string of the molecule is O=C(c1ccc(O)cc1O)N1CCC2(CC1)OCCc1cnc(-c3ccccc3)nc12. The first kappa shape index (κ1) is 19.5. The average Bonchev–Trinajstić information content (AvgIpc) is 2.80. The number of hydrogen-bond donors (Lipinski definition) is 2. The fourth-order valence-corrected chi connectivity index (χ4v) is 4.46. The van der Waals surface area contributed by atoms with Gasteiger partial charge in [-0.1, -0.05) is 30.3 Å². The molecule has 0 aliphatic carbocycles. The maximum atomic E-state index is 12.9. The van der Waals surface area contributed by atoms with Gasteiger partial charge in [-0.15, -0.1) is 0 Å². The van der Waals surface area contributed by atoms with Gasteiger partial charge >= 0.3 is 0 Å². The first-order valence-corrected chi connectivity index (χ1v) is 10.4. The van der Waals surface area contributed by atoms with Crippen LogP contribution in [-0.4, -0.2) is 50.7 Å². The van der Waals surface area contributed by atoms with Crippen LogP contribution < -0.4 is 0 Å². The second kappa shape index (κ2) is 7.67. The summed E-state index contributed by atoms with van der Waals surface area (Å²) in [5, 5.41) is 19.5. The van der Waals surface area contributed by atoms with Crippen LogP contribution in [0.1, 0.15) is 34.5 Å². The number of phenolic OH excluding ortho intramolecular Hbond substituents is 2. The quantitative estimate of drug-likeness (QED) is 0.665. The number of carbonyl (C=O) groups is 1. The summed E-state index contributed by atoms with van der Waals surface area (Å²) < 4.78 is 6.29. The highest BCUT2D eigenvalue weighted by molar-refractivity contribution is 5.97. The van der Waals surface area contributed by atoms with Crippen LogP contribution in [0.15, 0.2) is 54.7 Å². The Balaban J connectivity index is 1.40. The molecule has 0 radical (unpaired) electrons. The zero-order chi connectivity index (χ0) is 21.4. The summed E-state index contributed by atoms with van der Waals surface area (Å²) in [5.41, 5.74) is 2.64. The smallest absolute Gasteiger partial charge is 0.257 e. The van der Waals surface area contributed by atoms with Crippen LogP contribution in [0.3, 0.4) is 0 Å². The summed E-state index contributed by atoms with van der Waals surface area (Å²) >= 11 is 0. The molecule has 2 aliphatic rings. The Bertz CT molecular complexity index is 1120. The van der Waals surface area contributed by atoms with Crippen molar-refractivity contribution in [3.63, 3.8) is 0 Å². The summed E-state index contributed by atoms with van der Waals surface area (Å²) in [6.07, 6.45) is 3.92.